The van der Waals surface area contributed by atoms with Crippen molar-refractivity contribution < 1.29 is 4.79 Å². The molecule has 3 aromatic carbocycles. The number of fused-ring (bicyclic) bond motifs is 1. The summed E-state index contributed by atoms with van der Waals surface area (Å²) >= 11 is 3.44. The lowest BCUT2D eigenvalue weighted by atomic mass is 10.0. The van der Waals surface area contributed by atoms with Gasteiger partial charge in [0.25, 0.3) is 5.56 Å². The lowest BCUT2D eigenvalue weighted by molar-refractivity contribution is -0.117. The van der Waals surface area contributed by atoms with Gasteiger partial charge in [0.15, 0.2) is 0 Å². The fourth-order valence-corrected chi connectivity index (χ4v) is 3.46. The molecule has 0 spiro atoms. The third kappa shape index (κ3) is 4.12. The molecule has 4 rings (SSSR count). The smallest absolute Gasteiger partial charge is 0.267 e. The number of anilines is 1. The van der Waals surface area contributed by atoms with E-state index < -0.39 is 0 Å². The van der Waals surface area contributed by atoms with Crippen LogP contribution in [0, 0.1) is 6.92 Å². The Bertz CT molecular complexity index is 1280. The van der Waals surface area contributed by atoms with Gasteiger partial charge in [-0.3, -0.25) is 9.59 Å². The zero-order valence-electron chi connectivity index (χ0n) is 15.7. The number of nitrogens with one attached hydrogen (secondary N) is 1. The van der Waals surface area contributed by atoms with Crippen LogP contribution < -0.4 is 10.9 Å². The Balaban J connectivity index is 1.62. The molecule has 0 aliphatic heterocycles. The van der Waals surface area contributed by atoms with E-state index in [4.69, 9.17) is 0 Å². The molecule has 144 valence electrons. The van der Waals surface area contributed by atoms with E-state index >= 15 is 0 Å². The Morgan fingerprint density at radius 3 is 2.66 bits per heavy atom. The Hall–Kier alpha value is -3.25. The monoisotopic (exact) mass is 447 g/mol. The van der Waals surface area contributed by atoms with Gasteiger partial charge in [-0.2, -0.15) is 5.10 Å². The van der Waals surface area contributed by atoms with Crippen LogP contribution in [0.15, 0.2) is 82.1 Å². The lowest BCUT2D eigenvalue weighted by Gasteiger charge is -2.10. The molecule has 1 aromatic heterocycles. The maximum Gasteiger partial charge on any atom is 0.267 e. The first-order chi connectivity index (χ1) is 14.0. The van der Waals surface area contributed by atoms with Crippen LogP contribution in [0.2, 0.25) is 0 Å². The van der Waals surface area contributed by atoms with Crippen molar-refractivity contribution in [1.29, 1.82) is 0 Å². The summed E-state index contributed by atoms with van der Waals surface area (Å²) in [6.45, 7) is 1.78. The molecule has 1 heterocycles. The highest BCUT2D eigenvalue weighted by Gasteiger charge is 2.10. The second-order valence-corrected chi connectivity index (χ2v) is 7.61. The fourth-order valence-electron chi connectivity index (χ4n) is 3.21. The molecule has 4 aromatic rings. The van der Waals surface area contributed by atoms with Crippen LogP contribution in [0.4, 0.5) is 5.69 Å². The van der Waals surface area contributed by atoms with Gasteiger partial charge in [-0.15, -0.1) is 0 Å². The van der Waals surface area contributed by atoms with Gasteiger partial charge in [0, 0.05) is 21.8 Å². The minimum Gasteiger partial charge on any atom is -0.324 e. The molecule has 0 saturated carbocycles. The predicted octanol–water partition coefficient (Wildman–Crippen LogP) is 4.77. The number of aryl methyl sites for hydroxylation is 1. The first kappa shape index (κ1) is 19.1. The van der Waals surface area contributed by atoms with Gasteiger partial charge in [-0.25, -0.2) is 4.68 Å². The molecule has 1 N–H and O–H groups in total. The van der Waals surface area contributed by atoms with Crippen LogP contribution >= 0.6 is 15.9 Å². The van der Waals surface area contributed by atoms with Gasteiger partial charge in [0.05, 0.1) is 5.69 Å². The summed E-state index contributed by atoms with van der Waals surface area (Å²) in [5.41, 5.74) is 2.93. The molecule has 0 bridgehead atoms. The highest BCUT2D eigenvalue weighted by Crippen LogP contribution is 2.26. The van der Waals surface area contributed by atoms with Crippen molar-refractivity contribution in [3.8, 4) is 11.3 Å². The Kier molecular flexibility index (Phi) is 5.27. The summed E-state index contributed by atoms with van der Waals surface area (Å²) in [5, 5.41) is 9.39. The first-order valence-corrected chi connectivity index (χ1v) is 9.93. The summed E-state index contributed by atoms with van der Waals surface area (Å²) in [4.78, 5) is 24.7. The molecule has 0 atom stereocenters. The third-order valence-corrected chi connectivity index (χ3v) is 5.56. The van der Waals surface area contributed by atoms with Crippen LogP contribution in [0.3, 0.4) is 0 Å². The Labute approximate surface area is 176 Å². The minimum atomic E-state index is -0.323. The van der Waals surface area contributed by atoms with Crippen molar-refractivity contribution in [1.82, 2.24) is 9.78 Å². The van der Waals surface area contributed by atoms with Crippen LogP contribution in [-0.2, 0) is 11.3 Å². The Morgan fingerprint density at radius 2 is 1.83 bits per heavy atom. The molecule has 0 radical (unpaired) electrons. The summed E-state index contributed by atoms with van der Waals surface area (Å²) < 4.78 is 2.16. The number of hydrogen-bond donors (Lipinski definition) is 1. The second kappa shape index (κ2) is 8.01. The van der Waals surface area contributed by atoms with E-state index in [9.17, 15) is 9.59 Å². The number of carbonyl (C=O) groups is 1. The van der Waals surface area contributed by atoms with Crippen LogP contribution in [0.25, 0.3) is 22.0 Å². The second-order valence-electron chi connectivity index (χ2n) is 6.75. The molecular weight excluding hydrogens is 430 g/mol. The number of amides is 1. The maximum atomic E-state index is 12.5. The number of nitrogens with zero attached hydrogens (tertiary/aromatic N) is 2. The summed E-state index contributed by atoms with van der Waals surface area (Å²) in [5.74, 6) is -0.309. The molecule has 6 heteroatoms. The molecule has 0 unspecified atom stereocenters. The standard InChI is InChI=1S/C23H18BrN3O2/c1-15-13-17(9-10-20(15)24)25-22(28)14-27-23(29)12-11-21(26-27)19-8-4-6-16-5-2-3-7-18(16)19/h2-13H,14H2,1H3,(H,25,28). The number of aromatic nitrogens is 2. The van der Waals surface area contributed by atoms with E-state index in [1.807, 2.05) is 61.5 Å². The third-order valence-electron chi connectivity index (χ3n) is 4.67. The highest BCUT2D eigenvalue weighted by molar-refractivity contribution is 9.10. The summed E-state index contributed by atoms with van der Waals surface area (Å²) in [7, 11) is 0. The van der Waals surface area contributed by atoms with E-state index in [0.717, 1.165) is 26.4 Å². The molecule has 0 saturated heterocycles. The van der Waals surface area contributed by atoms with Crippen molar-refractivity contribution >= 4 is 38.3 Å². The van der Waals surface area contributed by atoms with Gasteiger partial charge >= 0.3 is 0 Å². The van der Waals surface area contributed by atoms with Crippen molar-refractivity contribution in [2.45, 2.75) is 13.5 Å². The van der Waals surface area contributed by atoms with E-state index in [1.54, 1.807) is 12.1 Å². The molecule has 0 aliphatic rings. The average molecular weight is 448 g/mol. The topological polar surface area (TPSA) is 64.0 Å². The Morgan fingerprint density at radius 1 is 1.03 bits per heavy atom. The molecular formula is C23H18BrN3O2. The van der Waals surface area contributed by atoms with Gasteiger partial charge in [0.1, 0.15) is 6.54 Å². The van der Waals surface area contributed by atoms with Gasteiger partial charge in [-0.05, 0) is 47.5 Å². The predicted molar refractivity (Wildman–Crippen MR) is 119 cm³/mol. The zero-order valence-corrected chi connectivity index (χ0v) is 17.3. The SMILES string of the molecule is Cc1cc(NC(=O)Cn2nc(-c3cccc4ccccc34)ccc2=O)ccc1Br. The average Bonchev–Trinajstić information content (AvgIpc) is 2.72. The van der Waals surface area contributed by atoms with E-state index in [2.05, 4.69) is 26.3 Å². The summed E-state index contributed by atoms with van der Waals surface area (Å²) in [6.07, 6.45) is 0. The number of carbonyl (C=O) groups excluding carboxylic acids is 1. The van der Waals surface area contributed by atoms with Crippen LogP contribution in [0.1, 0.15) is 5.56 Å². The van der Waals surface area contributed by atoms with E-state index in [-0.39, 0.29) is 18.0 Å². The summed E-state index contributed by atoms with van der Waals surface area (Å²) in [6, 6.07) is 22.6. The van der Waals surface area contributed by atoms with Crippen molar-refractivity contribution in [2.75, 3.05) is 5.32 Å². The van der Waals surface area contributed by atoms with E-state index in [0.29, 0.717) is 11.4 Å². The van der Waals surface area contributed by atoms with Crippen molar-refractivity contribution in [3.63, 3.8) is 0 Å². The fraction of sp³-hybridized carbons (Fsp3) is 0.0870. The van der Waals surface area contributed by atoms with Gasteiger partial charge in [0.2, 0.25) is 5.91 Å². The van der Waals surface area contributed by atoms with Crippen molar-refractivity contribution in [2.24, 2.45) is 0 Å². The normalized spacial score (nSPS) is 10.8. The lowest BCUT2D eigenvalue weighted by Crippen LogP contribution is -2.29. The molecule has 29 heavy (non-hydrogen) atoms. The number of halogens is 1. The molecule has 0 fully saturated rings. The number of hydrogen-bond acceptors (Lipinski definition) is 3. The zero-order chi connectivity index (χ0) is 20.4. The number of rotatable bonds is 4. The van der Waals surface area contributed by atoms with Crippen LogP contribution in [-0.4, -0.2) is 15.7 Å². The minimum absolute atomic E-state index is 0.160. The first-order valence-electron chi connectivity index (χ1n) is 9.13. The van der Waals surface area contributed by atoms with Crippen LogP contribution in [0.5, 0.6) is 0 Å². The number of benzene rings is 3. The van der Waals surface area contributed by atoms with Gasteiger partial charge < -0.3 is 5.32 Å². The highest BCUT2D eigenvalue weighted by atomic mass is 79.9. The van der Waals surface area contributed by atoms with Gasteiger partial charge in [-0.1, -0.05) is 58.4 Å². The van der Waals surface area contributed by atoms with E-state index in [1.165, 1.54) is 10.7 Å². The molecule has 1 amide bonds. The molecule has 0 aliphatic carbocycles. The maximum absolute atomic E-state index is 12.5. The largest absolute Gasteiger partial charge is 0.324 e. The van der Waals surface area contributed by atoms with Crippen molar-refractivity contribution in [3.05, 3.63) is 93.2 Å². The quantitative estimate of drug-likeness (QED) is 0.489. The molecule has 5 nitrogen and oxygen atoms in total.